The Labute approximate surface area is 156 Å². The van der Waals surface area contributed by atoms with E-state index in [1.807, 2.05) is 6.92 Å². The number of carbonyl (C=O) groups excluding carboxylic acids is 1. The third kappa shape index (κ3) is 4.11. The first-order chi connectivity index (χ1) is 13.3. The van der Waals surface area contributed by atoms with Gasteiger partial charge in [-0.25, -0.2) is 0 Å². The van der Waals surface area contributed by atoms with E-state index in [0.717, 1.165) is 16.7 Å². The van der Waals surface area contributed by atoms with E-state index in [4.69, 9.17) is 4.52 Å². The van der Waals surface area contributed by atoms with Crippen LogP contribution in [0, 0.1) is 0 Å². The molecule has 0 saturated carbocycles. The molecule has 3 rings (SSSR count). The predicted octanol–water partition coefficient (Wildman–Crippen LogP) is 3.12. The van der Waals surface area contributed by atoms with Crippen LogP contribution in [0.4, 0.5) is 18.9 Å². The summed E-state index contributed by atoms with van der Waals surface area (Å²) in [5, 5.41) is 5.94. The van der Waals surface area contributed by atoms with Crippen molar-refractivity contribution in [2.24, 2.45) is 0 Å². The molecule has 2 heterocycles. The lowest BCUT2D eigenvalue weighted by atomic mass is 10.1. The van der Waals surface area contributed by atoms with Crippen LogP contribution in [0.15, 0.2) is 51.8 Å². The fraction of sp³-hybridized carbons (Fsp3) is 0.222. The zero-order valence-electron chi connectivity index (χ0n) is 14.7. The maximum atomic E-state index is 13.1. The number of halogens is 3. The first-order valence-electron chi connectivity index (χ1n) is 8.28. The highest BCUT2D eigenvalue weighted by molar-refractivity contribution is 5.91. The summed E-state index contributed by atoms with van der Waals surface area (Å²) >= 11 is 0. The van der Waals surface area contributed by atoms with Gasteiger partial charge in [0.05, 0.1) is 11.3 Å². The van der Waals surface area contributed by atoms with E-state index >= 15 is 0 Å². The van der Waals surface area contributed by atoms with Gasteiger partial charge in [-0.1, -0.05) is 30.3 Å². The van der Waals surface area contributed by atoms with Crippen LogP contribution in [0.3, 0.4) is 0 Å². The molecule has 3 aromatic rings. The molecule has 1 aromatic carbocycles. The van der Waals surface area contributed by atoms with Gasteiger partial charge in [0.1, 0.15) is 12.2 Å². The summed E-state index contributed by atoms with van der Waals surface area (Å²) in [4.78, 5) is 28.7. The van der Waals surface area contributed by atoms with E-state index in [0.29, 0.717) is 12.2 Å². The minimum absolute atomic E-state index is 0.0399. The highest BCUT2D eigenvalue weighted by Crippen LogP contribution is 2.34. The second kappa shape index (κ2) is 7.67. The minimum atomic E-state index is -4.63. The molecule has 0 atom stereocenters. The second-order valence-electron chi connectivity index (χ2n) is 5.80. The summed E-state index contributed by atoms with van der Waals surface area (Å²) in [5.74, 6) is -0.346. The van der Waals surface area contributed by atoms with Crippen molar-refractivity contribution < 1.29 is 22.5 Å². The van der Waals surface area contributed by atoms with Crippen molar-refractivity contribution in [2.75, 3.05) is 5.32 Å². The topological polar surface area (TPSA) is 90.0 Å². The number of aryl methyl sites for hydroxylation is 1. The van der Waals surface area contributed by atoms with Gasteiger partial charge in [-0.05, 0) is 18.2 Å². The standard InChI is InChI=1S/C18H15F3N4O3/c1-2-14-23-17(28-24-14)13-8-5-9-16(27)25(13)10-15(26)22-12-7-4-3-6-11(12)18(19,20)21/h3-9H,2,10H2,1H3,(H,22,26). The van der Waals surface area contributed by atoms with Gasteiger partial charge < -0.3 is 9.84 Å². The van der Waals surface area contributed by atoms with Gasteiger partial charge in [0.2, 0.25) is 5.91 Å². The van der Waals surface area contributed by atoms with E-state index in [1.165, 1.54) is 30.3 Å². The largest absolute Gasteiger partial charge is 0.418 e. The molecule has 0 spiro atoms. The summed E-state index contributed by atoms with van der Waals surface area (Å²) in [5.41, 5.74) is -1.71. The van der Waals surface area contributed by atoms with Gasteiger partial charge in [-0.2, -0.15) is 18.2 Å². The van der Waals surface area contributed by atoms with E-state index in [2.05, 4.69) is 15.5 Å². The van der Waals surface area contributed by atoms with Gasteiger partial charge in [0.15, 0.2) is 5.82 Å². The zero-order valence-corrected chi connectivity index (χ0v) is 14.7. The normalized spacial score (nSPS) is 11.4. The molecule has 0 saturated heterocycles. The maximum Gasteiger partial charge on any atom is 0.418 e. The fourth-order valence-electron chi connectivity index (χ4n) is 2.54. The Morgan fingerprint density at radius 2 is 1.93 bits per heavy atom. The summed E-state index contributed by atoms with van der Waals surface area (Å²) < 4.78 is 45.4. The van der Waals surface area contributed by atoms with E-state index in [1.54, 1.807) is 0 Å². The number of amides is 1. The number of nitrogens with zero attached hydrogens (tertiary/aromatic N) is 3. The number of rotatable bonds is 5. The van der Waals surface area contributed by atoms with Crippen molar-refractivity contribution in [3.63, 3.8) is 0 Å². The number of anilines is 1. The number of nitrogens with one attached hydrogen (secondary N) is 1. The Kier molecular flexibility index (Phi) is 5.30. The Hall–Kier alpha value is -3.43. The van der Waals surface area contributed by atoms with Gasteiger partial charge >= 0.3 is 6.18 Å². The van der Waals surface area contributed by atoms with Gasteiger partial charge in [0, 0.05) is 12.5 Å². The number of benzene rings is 1. The number of aromatic nitrogens is 3. The van der Waals surface area contributed by atoms with Crippen molar-refractivity contribution in [2.45, 2.75) is 26.1 Å². The number of pyridine rings is 1. The highest BCUT2D eigenvalue weighted by Gasteiger charge is 2.33. The molecule has 0 aliphatic carbocycles. The number of hydrogen-bond donors (Lipinski definition) is 1. The molecule has 0 radical (unpaired) electrons. The molecule has 146 valence electrons. The van der Waals surface area contributed by atoms with E-state index in [9.17, 15) is 22.8 Å². The Morgan fingerprint density at radius 1 is 1.18 bits per heavy atom. The predicted molar refractivity (Wildman–Crippen MR) is 93.4 cm³/mol. The van der Waals surface area contributed by atoms with Crippen LogP contribution in [-0.2, 0) is 23.9 Å². The Balaban J connectivity index is 1.89. The molecule has 0 aliphatic rings. The molecule has 2 aromatic heterocycles. The summed E-state index contributed by atoms with van der Waals surface area (Å²) in [6.45, 7) is 1.29. The van der Waals surface area contributed by atoms with E-state index in [-0.39, 0.29) is 11.6 Å². The zero-order chi connectivity index (χ0) is 20.3. The molecular weight excluding hydrogens is 377 g/mol. The number of carbonyl (C=O) groups is 1. The summed E-state index contributed by atoms with van der Waals surface area (Å²) in [6, 6.07) is 8.78. The number of para-hydroxylation sites is 1. The smallest absolute Gasteiger partial charge is 0.332 e. The molecule has 1 amide bonds. The van der Waals surface area contributed by atoms with Gasteiger partial charge in [-0.15, -0.1) is 0 Å². The Morgan fingerprint density at radius 3 is 2.61 bits per heavy atom. The molecule has 1 N–H and O–H groups in total. The van der Waals surface area contributed by atoms with Crippen LogP contribution < -0.4 is 10.9 Å². The molecule has 28 heavy (non-hydrogen) atoms. The Bertz CT molecular complexity index is 1060. The third-order valence-corrected chi connectivity index (χ3v) is 3.86. The van der Waals surface area contributed by atoms with E-state index < -0.39 is 35.4 Å². The molecule has 7 nitrogen and oxygen atoms in total. The van der Waals surface area contributed by atoms with Crippen LogP contribution in [0.1, 0.15) is 18.3 Å². The second-order valence-corrected chi connectivity index (χ2v) is 5.80. The summed E-state index contributed by atoms with van der Waals surface area (Å²) in [6.07, 6.45) is -4.12. The first kappa shape index (κ1) is 19.3. The molecule has 0 bridgehead atoms. The lowest BCUT2D eigenvalue weighted by Crippen LogP contribution is -2.28. The maximum absolute atomic E-state index is 13.1. The van der Waals surface area contributed by atoms with Crippen molar-refractivity contribution >= 4 is 11.6 Å². The van der Waals surface area contributed by atoms with Crippen molar-refractivity contribution in [1.29, 1.82) is 0 Å². The molecule has 0 fully saturated rings. The van der Waals surface area contributed by atoms with Gasteiger partial charge in [-0.3, -0.25) is 14.2 Å². The molecule has 10 heteroatoms. The summed E-state index contributed by atoms with van der Waals surface area (Å²) in [7, 11) is 0. The van der Waals surface area contributed by atoms with Crippen molar-refractivity contribution in [3.05, 3.63) is 64.2 Å². The lowest BCUT2D eigenvalue weighted by molar-refractivity contribution is -0.137. The van der Waals surface area contributed by atoms with Crippen molar-refractivity contribution in [1.82, 2.24) is 14.7 Å². The van der Waals surface area contributed by atoms with Crippen LogP contribution in [0.5, 0.6) is 0 Å². The highest BCUT2D eigenvalue weighted by atomic mass is 19.4. The fourth-order valence-corrected chi connectivity index (χ4v) is 2.54. The monoisotopic (exact) mass is 392 g/mol. The molecular formula is C18H15F3N4O3. The first-order valence-corrected chi connectivity index (χ1v) is 8.28. The average molecular weight is 392 g/mol. The van der Waals surface area contributed by atoms with Crippen LogP contribution in [-0.4, -0.2) is 20.6 Å². The average Bonchev–Trinajstić information content (AvgIpc) is 3.12. The SMILES string of the molecule is CCc1noc(-c2cccc(=O)n2CC(=O)Nc2ccccc2C(F)(F)F)n1. The van der Waals surface area contributed by atoms with Crippen molar-refractivity contribution in [3.8, 4) is 11.6 Å². The van der Waals surface area contributed by atoms with Crippen LogP contribution >= 0.6 is 0 Å². The number of alkyl halides is 3. The lowest BCUT2D eigenvalue weighted by Gasteiger charge is -2.14. The minimum Gasteiger partial charge on any atom is -0.332 e. The molecule has 0 aliphatic heterocycles. The quantitative estimate of drug-likeness (QED) is 0.721. The third-order valence-electron chi connectivity index (χ3n) is 3.86. The van der Waals surface area contributed by atoms with Crippen LogP contribution in [0.2, 0.25) is 0 Å². The van der Waals surface area contributed by atoms with Gasteiger partial charge in [0.25, 0.3) is 11.4 Å². The number of hydrogen-bond acceptors (Lipinski definition) is 5. The van der Waals surface area contributed by atoms with Crippen LogP contribution in [0.25, 0.3) is 11.6 Å². The molecule has 0 unspecified atom stereocenters.